The van der Waals surface area contributed by atoms with Gasteiger partial charge in [0.25, 0.3) is 0 Å². The lowest BCUT2D eigenvalue weighted by Crippen LogP contribution is -2.53. The van der Waals surface area contributed by atoms with Gasteiger partial charge in [0.15, 0.2) is 0 Å². The Morgan fingerprint density at radius 3 is 2.30 bits per heavy atom. The second-order valence-corrected chi connectivity index (χ2v) is 11.1. The maximum atomic E-state index is 9.55. The highest BCUT2D eigenvalue weighted by Crippen LogP contribution is 2.47. The number of benzene rings is 2. The summed E-state index contributed by atoms with van der Waals surface area (Å²) in [6.45, 7) is 0. The molecule has 0 radical (unpaired) electrons. The van der Waals surface area contributed by atoms with Crippen molar-refractivity contribution in [2.24, 2.45) is 5.92 Å². The monoisotopic (exact) mass is 522 g/mol. The first-order chi connectivity index (χ1) is 19.8. The average Bonchev–Trinajstić information content (AvgIpc) is 3.04. The minimum absolute atomic E-state index is 0.133. The number of hydrogen-bond donors (Lipinski definition) is 1. The van der Waals surface area contributed by atoms with Crippen molar-refractivity contribution in [3.05, 3.63) is 138 Å². The Balaban J connectivity index is 1.28. The van der Waals surface area contributed by atoms with Crippen molar-refractivity contribution in [1.82, 2.24) is 5.32 Å². The highest BCUT2D eigenvalue weighted by atomic mass is 15.3. The first kappa shape index (κ1) is 24.5. The summed E-state index contributed by atoms with van der Waals surface area (Å²) in [5, 5.41) is 12.7. The number of hydrogen-bond acceptors (Lipinski definition) is 4. The van der Waals surface area contributed by atoms with Crippen LogP contribution in [-0.2, 0) is 0 Å². The molecule has 1 N–H and O–H groups in total. The van der Waals surface area contributed by atoms with Gasteiger partial charge in [0.1, 0.15) is 6.04 Å². The molecule has 4 nitrogen and oxygen atoms in total. The third-order valence-electron chi connectivity index (χ3n) is 8.68. The second-order valence-electron chi connectivity index (χ2n) is 11.1. The molecule has 3 aliphatic carbocycles. The highest BCUT2D eigenvalue weighted by Gasteiger charge is 2.40. The van der Waals surface area contributed by atoms with Crippen LogP contribution in [0.2, 0.25) is 0 Å². The Kier molecular flexibility index (Phi) is 6.49. The van der Waals surface area contributed by atoms with Gasteiger partial charge >= 0.3 is 0 Å². The number of fused-ring (bicyclic) bond motifs is 2. The van der Waals surface area contributed by atoms with Crippen molar-refractivity contribution < 1.29 is 0 Å². The van der Waals surface area contributed by atoms with E-state index in [2.05, 4.69) is 130 Å². The molecule has 0 aromatic heterocycles. The molecule has 0 amide bonds. The Bertz CT molecular complexity index is 1540. The van der Waals surface area contributed by atoms with Crippen LogP contribution in [-0.4, -0.2) is 18.1 Å². The lowest BCUT2D eigenvalue weighted by atomic mass is 9.79. The normalized spacial score (nSPS) is 26.9. The van der Waals surface area contributed by atoms with Gasteiger partial charge in [-0.15, -0.1) is 0 Å². The quantitative estimate of drug-likeness (QED) is 0.445. The van der Waals surface area contributed by atoms with Gasteiger partial charge in [-0.25, -0.2) is 0 Å². The minimum Gasteiger partial charge on any atom is -0.376 e. The number of allylic oxidation sites excluding steroid dienone is 11. The summed E-state index contributed by atoms with van der Waals surface area (Å²) in [7, 11) is 0. The van der Waals surface area contributed by atoms with Crippen molar-refractivity contribution in [2.45, 2.75) is 50.2 Å². The number of anilines is 3. The van der Waals surface area contributed by atoms with Crippen molar-refractivity contribution in [2.75, 3.05) is 9.80 Å². The summed E-state index contributed by atoms with van der Waals surface area (Å²) in [4.78, 5) is 5.09. The van der Waals surface area contributed by atoms with Gasteiger partial charge in [0.2, 0.25) is 0 Å². The summed E-state index contributed by atoms with van der Waals surface area (Å²) in [5.41, 5.74) is 9.13. The summed E-state index contributed by atoms with van der Waals surface area (Å²) in [6.07, 6.45) is 28.0. The predicted molar refractivity (Wildman–Crippen MR) is 164 cm³/mol. The standard InChI is InChI=1S/C36H34N4/c37-25-28-23-27(21-22-38-28)32-16-5-4-15-31(32)26-11-10-14-30(24-26)40-35-19-8-6-17-33(35)39(29-12-2-1-3-13-29)34-18-7-9-20-36(34)40/h1-3,6-9,11-13,15-22,24,27-28,33,35,38H,4-5,10,14,23H2. The Labute approximate surface area is 237 Å². The van der Waals surface area contributed by atoms with Crippen molar-refractivity contribution in [3.8, 4) is 6.07 Å². The Hall–Kier alpha value is -4.49. The van der Waals surface area contributed by atoms with Crippen LogP contribution in [0.5, 0.6) is 0 Å². The smallest absolute Gasteiger partial charge is 0.114 e. The molecule has 0 saturated heterocycles. The fourth-order valence-electron chi connectivity index (χ4n) is 6.90. The van der Waals surface area contributed by atoms with E-state index in [4.69, 9.17) is 0 Å². The zero-order valence-electron chi connectivity index (χ0n) is 22.7. The van der Waals surface area contributed by atoms with Gasteiger partial charge in [-0.3, -0.25) is 0 Å². The zero-order valence-corrected chi connectivity index (χ0v) is 22.7. The van der Waals surface area contributed by atoms with Crippen molar-refractivity contribution >= 4 is 17.1 Å². The van der Waals surface area contributed by atoms with Crippen LogP contribution in [0, 0.1) is 17.2 Å². The van der Waals surface area contributed by atoms with E-state index in [0.29, 0.717) is 0 Å². The lowest BCUT2D eigenvalue weighted by molar-refractivity contribution is 0.542. The van der Waals surface area contributed by atoms with Gasteiger partial charge < -0.3 is 15.1 Å². The van der Waals surface area contributed by atoms with Crippen LogP contribution in [0.25, 0.3) is 0 Å². The third kappa shape index (κ3) is 4.32. The molecule has 2 aliphatic heterocycles. The molecule has 7 rings (SSSR count). The molecule has 2 aromatic rings. The van der Waals surface area contributed by atoms with Gasteiger partial charge in [-0.2, -0.15) is 5.26 Å². The largest absolute Gasteiger partial charge is 0.376 e. The third-order valence-corrected chi connectivity index (χ3v) is 8.68. The van der Waals surface area contributed by atoms with Gasteiger partial charge in [-0.05, 0) is 85.4 Å². The molecule has 4 heteroatoms. The van der Waals surface area contributed by atoms with E-state index in [0.717, 1.165) is 32.1 Å². The maximum absolute atomic E-state index is 9.55. The number of rotatable bonds is 4. The van der Waals surface area contributed by atoms with Gasteiger partial charge in [-0.1, -0.05) is 78.9 Å². The summed E-state index contributed by atoms with van der Waals surface area (Å²) >= 11 is 0. The molecule has 0 saturated carbocycles. The van der Waals surface area contributed by atoms with Crippen LogP contribution in [0.3, 0.4) is 0 Å². The summed E-state index contributed by atoms with van der Waals surface area (Å²) in [5.74, 6) is 0.267. The van der Waals surface area contributed by atoms with Gasteiger partial charge in [0, 0.05) is 17.3 Å². The van der Waals surface area contributed by atoms with E-state index in [9.17, 15) is 5.26 Å². The van der Waals surface area contributed by atoms with E-state index >= 15 is 0 Å². The second kappa shape index (κ2) is 10.6. The van der Waals surface area contributed by atoms with Crippen LogP contribution in [0.15, 0.2) is 138 Å². The molecule has 4 unspecified atom stereocenters. The van der Waals surface area contributed by atoms with E-state index in [1.165, 1.54) is 39.5 Å². The fraction of sp³-hybridized carbons (Fsp3) is 0.250. The molecule has 5 aliphatic rings. The topological polar surface area (TPSA) is 42.3 Å². The minimum atomic E-state index is -0.133. The Morgan fingerprint density at radius 1 is 0.775 bits per heavy atom. The zero-order chi connectivity index (χ0) is 26.9. The van der Waals surface area contributed by atoms with Gasteiger partial charge in [0.05, 0.1) is 29.5 Å². The average molecular weight is 523 g/mol. The molecule has 2 heterocycles. The van der Waals surface area contributed by atoms with E-state index in [1.54, 1.807) is 0 Å². The van der Waals surface area contributed by atoms with Crippen LogP contribution in [0.4, 0.5) is 17.1 Å². The molecule has 0 fully saturated rings. The van der Waals surface area contributed by atoms with Crippen LogP contribution < -0.4 is 15.1 Å². The van der Waals surface area contributed by atoms with Crippen LogP contribution >= 0.6 is 0 Å². The number of nitriles is 1. The van der Waals surface area contributed by atoms with Crippen LogP contribution in [0.1, 0.15) is 32.1 Å². The predicted octanol–water partition coefficient (Wildman–Crippen LogP) is 7.77. The number of para-hydroxylation sites is 3. The number of nitrogens with one attached hydrogen (secondary N) is 1. The molecule has 4 atom stereocenters. The molecule has 2 aromatic carbocycles. The molecule has 0 bridgehead atoms. The molecule has 198 valence electrons. The first-order valence-corrected chi connectivity index (χ1v) is 14.5. The molecular weight excluding hydrogens is 488 g/mol. The van der Waals surface area contributed by atoms with Crippen molar-refractivity contribution in [3.63, 3.8) is 0 Å². The Morgan fingerprint density at radius 2 is 1.50 bits per heavy atom. The SMILES string of the molecule is N#CC1CC(C2=CCCC=C2C2=CCCC(N3c4ccccc4N(c4ccccc4)C4C=CC=CC43)=C2)C=CN1. The fourth-order valence-corrected chi connectivity index (χ4v) is 6.90. The highest BCUT2D eigenvalue weighted by molar-refractivity contribution is 5.84. The van der Waals surface area contributed by atoms with Crippen molar-refractivity contribution in [1.29, 1.82) is 5.26 Å². The first-order valence-electron chi connectivity index (χ1n) is 14.5. The molecule has 0 spiro atoms. The molecule has 40 heavy (non-hydrogen) atoms. The maximum Gasteiger partial charge on any atom is 0.114 e. The summed E-state index contributed by atoms with van der Waals surface area (Å²) < 4.78 is 0. The number of nitrogens with zero attached hydrogens (tertiary/aromatic N) is 3. The summed E-state index contributed by atoms with van der Waals surface area (Å²) in [6, 6.07) is 22.3. The molecular formula is C36H34N4. The lowest BCUT2D eigenvalue weighted by Gasteiger charge is -2.50. The van der Waals surface area contributed by atoms with E-state index in [1.807, 2.05) is 6.20 Å². The van der Waals surface area contributed by atoms with E-state index < -0.39 is 0 Å². The van der Waals surface area contributed by atoms with E-state index in [-0.39, 0.29) is 24.0 Å².